The van der Waals surface area contributed by atoms with Crippen LogP contribution in [0.2, 0.25) is 0 Å². The number of likely N-dealkylation sites (N-methyl/N-ethyl adjacent to an activating group) is 1. The minimum absolute atomic E-state index is 0.0454. The third kappa shape index (κ3) is 5.67. The first-order valence-electron chi connectivity index (χ1n) is 5.10. The number of carbonyl (C=O) groups excluding carboxylic acids is 1. The van der Waals surface area contributed by atoms with Crippen LogP contribution in [0.15, 0.2) is 0 Å². The number of hydrogen-bond acceptors (Lipinski definition) is 4. The van der Waals surface area contributed by atoms with Crippen LogP contribution < -0.4 is 0 Å². The lowest BCUT2D eigenvalue weighted by Crippen LogP contribution is -2.43. The van der Waals surface area contributed by atoms with E-state index >= 15 is 0 Å². The van der Waals surface area contributed by atoms with Gasteiger partial charge in [-0.15, -0.1) is 0 Å². The molecule has 0 aliphatic heterocycles. The molecule has 0 bridgehead atoms. The summed E-state index contributed by atoms with van der Waals surface area (Å²) in [5.74, 6) is -1.31. The highest BCUT2D eigenvalue weighted by Crippen LogP contribution is 2.00. The van der Waals surface area contributed by atoms with Gasteiger partial charge in [-0.25, -0.2) is 4.79 Å². The number of methoxy groups -OCH3 is 1. The van der Waals surface area contributed by atoms with Gasteiger partial charge in [0.2, 0.25) is 5.91 Å². The van der Waals surface area contributed by atoms with Crippen molar-refractivity contribution < 1.29 is 24.2 Å². The van der Waals surface area contributed by atoms with E-state index in [-0.39, 0.29) is 18.6 Å². The number of aliphatic carboxylic acids is 1. The Kier molecular flexibility index (Phi) is 7.49. The molecule has 0 spiro atoms. The van der Waals surface area contributed by atoms with E-state index in [4.69, 9.17) is 14.6 Å². The molecule has 1 amide bonds. The Hall–Kier alpha value is -1.14. The second kappa shape index (κ2) is 8.06. The number of hydrogen-bond donors (Lipinski definition) is 1. The number of nitrogens with zero attached hydrogens (tertiary/aromatic N) is 1. The summed E-state index contributed by atoms with van der Waals surface area (Å²) < 4.78 is 9.69. The van der Waals surface area contributed by atoms with Gasteiger partial charge < -0.3 is 19.5 Å². The molecule has 0 rings (SSSR count). The fourth-order valence-electron chi connectivity index (χ4n) is 1.37. The van der Waals surface area contributed by atoms with E-state index in [1.807, 2.05) is 13.8 Å². The minimum Gasteiger partial charge on any atom is -0.480 e. The summed E-state index contributed by atoms with van der Waals surface area (Å²) in [4.78, 5) is 23.4. The zero-order chi connectivity index (χ0) is 12.6. The number of carbonyl (C=O) groups is 2. The van der Waals surface area contributed by atoms with E-state index in [2.05, 4.69) is 0 Å². The predicted molar refractivity (Wildman–Crippen MR) is 57.2 cm³/mol. The first-order chi connectivity index (χ1) is 7.52. The van der Waals surface area contributed by atoms with E-state index < -0.39 is 12.6 Å². The monoisotopic (exact) mass is 233 g/mol. The molecule has 94 valence electrons. The maximum Gasteiger partial charge on any atom is 0.329 e. The van der Waals surface area contributed by atoms with E-state index in [1.54, 1.807) is 12.0 Å². The Bertz CT molecular complexity index is 231. The van der Waals surface area contributed by atoms with Gasteiger partial charge in [0.15, 0.2) is 0 Å². The van der Waals surface area contributed by atoms with Crippen LogP contribution in [0.5, 0.6) is 0 Å². The second-order valence-electron chi connectivity index (χ2n) is 3.37. The van der Waals surface area contributed by atoms with Crippen molar-refractivity contribution in [1.29, 1.82) is 0 Å². The number of carboxylic acids is 1. The molecule has 0 saturated carbocycles. The summed E-state index contributed by atoms with van der Waals surface area (Å²) in [5, 5.41) is 8.35. The lowest BCUT2D eigenvalue weighted by Gasteiger charge is -2.27. The van der Waals surface area contributed by atoms with Crippen LogP contribution in [-0.2, 0) is 19.1 Å². The number of ether oxygens (including phenoxy) is 2. The van der Waals surface area contributed by atoms with Crippen LogP contribution in [0.25, 0.3) is 0 Å². The van der Waals surface area contributed by atoms with E-state index in [0.717, 1.165) is 0 Å². The molecular weight excluding hydrogens is 214 g/mol. The molecule has 0 aromatic heterocycles. The van der Waals surface area contributed by atoms with Crippen molar-refractivity contribution in [3.05, 3.63) is 0 Å². The Morgan fingerprint density at radius 1 is 1.38 bits per heavy atom. The predicted octanol–water partition coefficient (Wildman–Crippen LogP) is -0.0290. The molecule has 0 aromatic carbocycles. The Labute approximate surface area is 95.1 Å². The van der Waals surface area contributed by atoms with Crippen LogP contribution in [0.4, 0.5) is 0 Å². The minimum atomic E-state index is -1.08. The molecule has 0 aliphatic carbocycles. The second-order valence-corrected chi connectivity index (χ2v) is 3.37. The molecule has 1 N–H and O–H groups in total. The van der Waals surface area contributed by atoms with Crippen molar-refractivity contribution in [2.45, 2.75) is 19.9 Å². The maximum atomic E-state index is 11.6. The van der Waals surface area contributed by atoms with Gasteiger partial charge in [-0.2, -0.15) is 0 Å². The Balaban J connectivity index is 4.05. The third-order valence-corrected chi connectivity index (χ3v) is 2.05. The zero-order valence-corrected chi connectivity index (χ0v) is 9.93. The molecule has 0 aromatic rings. The highest BCUT2D eigenvalue weighted by atomic mass is 16.5. The topological polar surface area (TPSA) is 76.1 Å². The first-order valence-corrected chi connectivity index (χ1v) is 5.10. The van der Waals surface area contributed by atoms with Crippen molar-refractivity contribution in [1.82, 2.24) is 4.90 Å². The SMILES string of the molecule is CCN(C(=O)COCC(=O)O)C(C)COC. The summed E-state index contributed by atoms with van der Waals surface area (Å²) in [7, 11) is 1.57. The van der Waals surface area contributed by atoms with Gasteiger partial charge in [-0.05, 0) is 13.8 Å². The van der Waals surface area contributed by atoms with Crippen molar-refractivity contribution in [2.75, 3.05) is 33.5 Å². The van der Waals surface area contributed by atoms with Gasteiger partial charge >= 0.3 is 5.97 Å². The summed E-state index contributed by atoms with van der Waals surface area (Å²) in [5.41, 5.74) is 0. The van der Waals surface area contributed by atoms with Crippen molar-refractivity contribution in [3.63, 3.8) is 0 Å². The zero-order valence-electron chi connectivity index (χ0n) is 9.93. The Morgan fingerprint density at radius 2 is 2.00 bits per heavy atom. The fraction of sp³-hybridized carbons (Fsp3) is 0.800. The Morgan fingerprint density at radius 3 is 2.44 bits per heavy atom. The van der Waals surface area contributed by atoms with Gasteiger partial charge in [0.05, 0.1) is 12.6 Å². The van der Waals surface area contributed by atoms with E-state index in [1.165, 1.54) is 0 Å². The van der Waals surface area contributed by atoms with Crippen LogP contribution in [0.1, 0.15) is 13.8 Å². The molecule has 6 nitrogen and oxygen atoms in total. The summed E-state index contributed by atoms with van der Waals surface area (Å²) >= 11 is 0. The fourth-order valence-corrected chi connectivity index (χ4v) is 1.37. The molecule has 0 fully saturated rings. The van der Waals surface area contributed by atoms with Gasteiger partial charge in [0, 0.05) is 13.7 Å². The molecule has 0 radical (unpaired) electrons. The summed E-state index contributed by atoms with van der Waals surface area (Å²) in [6, 6.07) is -0.0454. The quantitative estimate of drug-likeness (QED) is 0.637. The smallest absolute Gasteiger partial charge is 0.329 e. The third-order valence-electron chi connectivity index (χ3n) is 2.05. The summed E-state index contributed by atoms with van der Waals surface area (Å²) in [6.07, 6.45) is 0. The molecule has 0 heterocycles. The van der Waals surface area contributed by atoms with E-state index in [0.29, 0.717) is 13.2 Å². The van der Waals surface area contributed by atoms with Crippen LogP contribution >= 0.6 is 0 Å². The lowest BCUT2D eigenvalue weighted by atomic mass is 10.3. The van der Waals surface area contributed by atoms with Gasteiger partial charge in [-0.1, -0.05) is 0 Å². The lowest BCUT2D eigenvalue weighted by molar-refractivity contribution is -0.146. The average Bonchev–Trinajstić information content (AvgIpc) is 2.18. The van der Waals surface area contributed by atoms with Crippen molar-refractivity contribution in [3.8, 4) is 0 Å². The number of amides is 1. The normalized spacial score (nSPS) is 12.2. The molecule has 0 saturated heterocycles. The molecule has 16 heavy (non-hydrogen) atoms. The molecule has 1 unspecified atom stereocenters. The highest BCUT2D eigenvalue weighted by molar-refractivity contribution is 5.78. The van der Waals surface area contributed by atoms with Gasteiger partial charge in [0.25, 0.3) is 0 Å². The molecule has 6 heteroatoms. The van der Waals surface area contributed by atoms with Gasteiger partial charge in [-0.3, -0.25) is 4.79 Å². The van der Waals surface area contributed by atoms with Crippen molar-refractivity contribution in [2.24, 2.45) is 0 Å². The molecule has 0 aliphatic rings. The van der Waals surface area contributed by atoms with Crippen LogP contribution in [0, 0.1) is 0 Å². The molecular formula is C10H19NO5. The maximum absolute atomic E-state index is 11.6. The largest absolute Gasteiger partial charge is 0.480 e. The van der Waals surface area contributed by atoms with Crippen LogP contribution in [0.3, 0.4) is 0 Å². The average molecular weight is 233 g/mol. The van der Waals surface area contributed by atoms with Crippen molar-refractivity contribution >= 4 is 11.9 Å². The highest BCUT2D eigenvalue weighted by Gasteiger charge is 2.18. The number of carboxylic acid groups (broad SMARTS) is 1. The summed E-state index contributed by atoms with van der Waals surface area (Å²) in [6.45, 7) is 4.03. The standard InChI is InChI=1S/C10H19NO5/c1-4-11(8(2)5-15-3)9(12)6-16-7-10(13)14/h8H,4-7H2,1-3H3,(H,13,14). The van der Waals surface area contributed by atoms with Gasteiger partial charge in [0.1, 0.15) is 13.2 Å². The number of rotatable bonds is 8. The van der Waals surface area contributed by atoms with E-state index in [9.17, 15) is 9.59 Å². The molecule has 1 atom stereocenters. The van der Waals surface area contributed by atoms with Crippen LogP contribution in [-0.4, -0.2) is 61.4 Å². The first kappa shape index (κ1) is 14.9.